The summed E-state index contributed by atoms with van der Waals surface area (Å²) in [7, 11) is 0. The van der Waals surface area contributed by atoms with Crippen molar-refractivity contribution in [3.8, 4) is 17.6 Å². The molecule has 112 valence electrons. The van der Waals surface area contributed by atoms with Crippen LogP contribution in [-0.4, -0.2) is 36.2 Å². The number of piperazine rings is 1. The van der Waals surface area contributed by atoms with Gasteiger partial charge in [-0.1, -0.05) is 36.1 Å². The zero-order valence-corrected chi connectivity index (χ0v) is 12.5. The van der Waals surface area contributed by atoms with E-state index in [-0.39, 0.29) is 5.75 Å². The second-order valence-electron chi connectivity index (χ2n) is 5.48. The van der Waals surface area contributed by atoms with E-state index in [0.29, 0.717) is 0 Å². The van der Waals surface area contributed by atoms with Crippen LogP contribution < -0.4 is 5.32 Å². The van der Waals surface area contributed by atoms with Crippen LogP contribution in [0.4, 0.5) is 0 Å². The van der Waals surface area contributed by atoms with Gasteiger partial charge in [-0.15, -0.1) is 0 Å². The topological polar surface area (TPSA) is 35.5 Å². The van der Waals surface area contributed by atoms with E-state index in [1.807, 2.05) is 18.2 Å². The second kappa shape index (κ2) is 7.13. The van der Waals surface area contributed by atoms with Gasteiger partial charge in [-0.3, -0.25) is 4.90 Å². The number of benzene rings is 2. The molecule has 1 heterocycles. The van der Waals surface area contributed by atoms with Gasteiger partial charge < -0.3 is 10.4 Å². The Bertz CT molecular complexity index is 694. The van der Waals surface area contributed by atoms with Crippen LogP contribution >= 0.6 is 0 Å². The zero-order valence-electron chi connectivity index (χ0n) is 12.5. The third kappa shape index (κ3) is 3.88. The van der Waals surface area contributed by atoms with Crippen molar-refractivity contribution in [2.45, 2.75) is 6.54 Å². The molecular weight excluding hydrogens is 272 g/mol. The molecule has 1 aliphatic rings. The lowest BCUT2D eigenvalue weighted by atomic mass is 10.1. The smallest absolute Gasteiger partial charge is 0.116 e. The Morgan fingerprint density at radius 3 is 2.64 bits per heavy atom. The lowest BCUT2D eigenvalue weighted by Gasteiger charge is -2.27. The van der Waals surface area contributed by atoms with Crippen molar-refractivity contribution in [3.05, 3.63) is 65.2 Å². The monoisotopic (exact) mass is 292 g/mol. The molecule has 22 heavy (non-hydrogen) atoms. The highest BCUT2D eigenvalue weighted by Gasteiger charge is 2.11. The van der Waals surface area contributed by atoms with Crippen LogP contribution in [0.3, 0.4) is 0 Å². The van der Waals surface area contributed by atoms with E-state index >= 15 is 0 Å². The average molecular weight is 292 g/mol. The maximum Gasteiger partial charge on any atom is 0.116 e. The fourth-order valence-corrected chi connectivity index (χ4v) is 2.61. The van der Waals surface area contributed by atoms with Crippen LogP contribution in [0.15, 0.2) is 48.5 Å². The summed E-state index contributed by atoms with van der Waals surface area (Å²) < 4.78 is 0. The summed E-state index contributed by atoms with van der Waals surface area (Å²) in [5, 5.41) is 12.9. The van der Waals surface area contributed by atoms with Gasteiger partial charge >= 0.3 is 0 Å². The molecule has 3 rings (SSSR count). The van der Waals surface area contributed by atoms with Crippen LogP contribution in [0.25, 0.3) is 0 Å². The summed E-state index contributed by atoms with van der Waals surface area (Å²) in [6.07, 6.45) is 0. The fourth-order valence-electron chi connectivity index (χ4n) is 2.61. The Hall–Kier alpha value is -2.28. The van der Waals surface area contributed by atoms with Gasteiger partial charge in [0.05, 0.1) is 0 Å². The van der Waals surface area contributed by atoms with Crippen molar-refractivity contribution in [2.75, 3.05) is 26.2 Å². The number of phenols is 1. The first-order chi connectivity index (χ1) is 10.8. The summed E-state index contributed by atoms with van der Waals surface area (Å²) in [6.45, 7) is 5.20. The maximum absolute atomic E-state index is 9.50. The lowest BCUT2D eigenvalue weighted by Crippen LogP contribution is -2.42. The number of phenolic OH excluding ortho intramolecular Hbond substituents is 1. The first-order valence-electron chi connectivity index (χ1n) is 7.63. The van der Waals surface area contributed by atoms with E-state index in [0.717, 1.165) is 43.9 Å². The minimum atomic E-state index is 0.251. The van der Waals surface area contributed by atoms with Crippen LogP contribution in [0.1, 0.15) is 16.7 Å². The van der Waals surface area contributed by atoms with Gasteiger partial charge in [0.2, 0.25) is 0 Å². The predicted molar refractivity (Wildman–Crippen MR) is 88.7 cm³/mol. The molecule has 3 nitrogen and oxygen atoms in total. The van der Waals surface area contributed by atoms with Crippen LogP contribution in [0, 0.1) is 11.8 Å². The zero-order chi connectivity index (χ0) is 15.2. The highest BCUT2D eigenvalue weighted by Crippen LogP contribution is 2.13. The van der Waals surface area contributed by atoms with Gasteiger partial charge in [0.25, 0.3) is 0 Å². The predicted octanol–water partition coefficient (Wildman–Crippen LogP) is 2.20. The molecule has 1 fully saturated rings. The van der Waals surface area contributed by atoms with Crippen molar-refractivity contribution in [1.29, 1.82) is 0 Å². The SMILES string of the molecule is Oc1cccc(C#Cc2ccccc2CN2CCNCC2)c1. The van der Waals surface area contributed by atoms with E-state index in [9.17, 15) is 5.11 Å². The minimum Gasteiger partial charge on any atom is -0.508 e. The molecule has 0 atom stereocenters. The van der Waals surface area contributed by atoms with Gasteiger partial charge in [0.1, 0.15) is 5.75 Å². The highest BCUT2D eigenvalue weighted by atomic mass is 16.3. The molecule has 0 unspecified atom stereocenters. The van der Waals surface area contributed by atoms with Crippen molar-refractivity contribution in [2.24, 2.45) is 0 Å². The third-order valence-corrected chi connectivity index (χ3v) is 3.81. The van der Waals surface area contributed by atoms with E-state index in [1.165, 1.54) is 5.56 Å². The second-order valence-corrected chi connectivity index (χ2v) is 5.48. The standard InChI is InChI=1S/C19H20N2O/c22-19-7-3-4-16(14-19)8-9-17-5-1-2-6-18(17)15-21-12-10-20-11-13-21/h1-7,14,20,22H,10-13,15H2. The quantitative estimate of drug-likeness (QED) is 0.833. The summed E-state index contributed by atoms with van der Waals surface area (Å²) in [5.41, 5.74) is 3.15. The highest BCUT2D eigenvalue weighted by molar-refractivity contribution is 5.47. The molecule has 2 N–H and O–H groups in total. The Labute approximate surface area is 131 Å². The van der Waals surface area contributed by atoms with E-state index in [2.05, 4.69) is 40.3 Å². The number of hydrogen-bond acceptors (Lipinski definition) is 3. The Morgan fingerprint density at radius 1 is 1.00 bits per heavy atom. The fraction of sp³-hybridized carbons (Fsp3) is 0.263. The van der Waals surface area contributed by atoms with E-state index in [4.69, 9.17) is 0 Å². The molecule has 0 aromatic heterocycles. The lowest BCUT2D eigenvalue weighted by molar-refractivity contribution is 0.233. The Balaban J connectivity index is 1.79. The number of aromatic hydroxyl groups is 1. The molecule has 0 radical (unpaired) electrons. The first-order valence-corrected chi connectivity index (χ1v) is 7.63. The molecule has 0 aliphatic carbocycles. The maximum atomic E-state index is 9.50. The Morgan fingerprint density at radius 2 is 1.82 bits per heavy atom. The van der Waals surface area contributed by atoms with Crippen molar-refractivity contribution in [1.82, 2.24) is 10.2 Å². The molecular formula is C19H20N2O. The third-order valence-electron chi connectivity index (χ3n) is 3.81. The Kier molecular flexibility index (Phi) is 4.75. The van der Waals surface area contributed by atoms with Crippen LogP contribution in [-0.2, 0) is 6.54 Å². The van der Waals surface area contributed by atoms with Crippen LogP contribution in [0.5, 0.6) is 5.75 Å². The molecule has 0 spiro atoms. The van der Waals surface area contributed by atoms with Crippen molar-refractivity contribution < 1.29 is 5.11 Å². The molecule has 2 aromatic rings. The largest absolute Gasteiger partial charge is 0.508 e. The molecule has 1 saturated heterocycles. The average Bonchev–Trinajstić information content (AvgIpc) is 2.55. The van der Waals surface area contributed by atoms with Crippen molar-refractivity contribution in [3.63, 3.8) is 0 Å². The molecule has 0 saturated carbocycles. The van der Waals surface area contributed by atoms with Crippen LogP contribution in [0.2, 0.25) is 0 Å². The van der Waals surface area contributed by atoms with E-state index in [1.54, 1.807) is 12.1 Å². The molecule has 1 aliphatic heterocycles. The number of hydrogen-bond donors (Lipinski definition) is 2. The number of nitrogens with one attached hydrogen (secondary N) is 1. The number of rotatable bonds is 2. The van der Waals surface area contributed by atoms with Gasteiger partial charge in [-0.2, -0.15) is 0 Å². The molecule has 0 bridgehead atoms. The molecule has 0 amide bonds. The summed E-state index contributed by atoms with van der Waals surface area (Å²) in [6, 6.07) is 15.4. The first kappa shape index (κ1) is 14.6. The summed E-state index contributed by atoms with van der Waals surface area (Å²) in [5.74, 6) is 6.63. The number of nitrogens with zero attached hydrogens (tertiary/aromatic N) is 1. The van der Waals surface area contributed by atoms with Gasteiger partial charge in [-0.25, -0.2) is 0 Å². The normalized spacial score (nSPS) is 15.1. The summed E-state index contributed by atoms with van der Waals surface area (Å²) in [4.78, 5) is 2.45. The van der Waals surface area contributed by atoms with E-state index < -0.39 is 0 Å². The molecule has 3 heteroatoms. The van der Waals surface area contributed by atoms with Gasteiger partial charge in [0.15, 0.2) is 0 Å². The summed E-state index contributed by atoms with van der Waals surface area (Å²) >= 11 is 0. The van der Waals surface area contributed by atoms with Crippen molar-refractivity contribution >= 4 is 0 Å². The molecule has 2 aromatic carbocycles. The van der Waals surface area contributed by atoms with Gasteiger partial charge in [-0.05, 0) is 29.8 Å². The minimum absolute atomic E-state index is 0.251. The van der Waals surface area contributed by atoms with Gasteiger partial charge in [0, 0.05) is 43.9 Å².